The van der Waals surface area contributed by atoms with Crippen LogP contribution in [0.5, 0.6) is 0 Å². The van der Waals surface area contributed by atoms with Crippen LogP contribution in [0.2, 0.25) is 5.02 Å². The van der Waals surface area contributed by atoms with E-state index in [1.807, 2.05) is 18.2 Å². The van der Waals surface area contributed by atoms with Gasteiger partial charge >= 0.3 is 0 Å². The van der Waals surface area contributed by atoms with Gasteiger partial charge in [-0.05, 0) is 31.0 Å². The number of guanidine groups is 1. The number of benzene rings is 1. The van der Waals surface area contributed by atoms with Crippen molar-refractivity contribution in [3.63, 3.8) is 0 Å². The van der Waals surface area contributed by atoms with Gasteiger partial charge < -0.3 is 9.80 Å². The minimum absolute atomic E-state index is 0.193. The number of nitriles is 1. The van der Waals surface area contributed by atoms with Crippen LogP contribution < -0.4 is 10.2 Å². The summed E-state index contributed by atoms with van der Waals surface area (Å²) < 4.78 is 0. The molecule has 1 N–H and O–H groups in total. The highest BCUT2D eigenvalue weighted by Crippen LogP contribution is 2.40. The number of halogens is 1. The molecule has 0 aromatic heterocycles. The smallest absolute Gasteiger partial charge is 0.246 e. The molecule has 1 aromatic carbocycles. The summed E-state index contributed by atoms with van der Waals surface area (Å²) in [6.07, 6.45) is 4.87. The van der Waals surface area contributed by atoms with Crippen LogP contribution in [-0.4, -0.2) is 48.5 Å². The summed E-state index contributed by atoms with van der Waals surface area (Å²) in [7, 11) is 0. The third kappa shape index (κ3) is 3.49. The van der Waals surface area contributed by atoms with Crippen molar-refractivity contribution in [2.24, 2.45) is 10.9 Å². The number of hydrogen-bond donors (Lipinski definition) is 1. The zero-order valence-corrected chi connectivity index (χ0v) is 16.1. The largest absolute Gasteiger partial charge is 0.368 e. The second-order valence-electron chi connectivity index (χ2n) is 7.60. The van der Waals surface area contributed by atoms with Crippen molar-refractivity contribution in [2.45, 2.75) is 37.6 Å². The van der Waals surface area contributed by atoms with Crippen LogP contribution >= 0.6 is 11.6 Å². The molecule has 1 saturated heterocycles. The lowest BCUT2D eigenvalue weighted by atomic mass is 9.72. The normalized spacial score (nSPS) is 25.0. The van der Waals surface area contributed by atoms with E-state index in [-0.39, 0.29) is 5.91 Å². The molecule has 2 fully saturated rings. The fraction of sp³-hybridized carbons (Fsp3) is 0.550. The van der Waals surface area contributed by atoms with E-state index in [9.17, 15) is 10.1 Å². The van der Waals surface area contributed by atoms with Crippen LogP contribution in [0.3, 0.4) is 0 Å². The zero-order valence-electron chi connectivity index (χ0n) is 15.3. The van der Waals surface area contributed by atoms with E-state index in [2.05, 4.69) is 27.3 Å². The molecule has 1 aromatic rings. The second kappa shape index (κ2) is 7.40. The summed E-state index contributed by atoms with van der Waals surface area (Å²) in [5, 5.41) is 13.2. The molecule has 4 rings (SSSR count). The molecule has 1 atom stereocenters. The van der Waals surface area contributed by atoms with E-state index in [1.165, 1.54) is 0 Å². The average molecular weight is 386 g/mol. The summed E-state index contributed by atoms with van der Waals surface area (Å²) in [4.78, 5) is 22.0. The summed E-state index contributed by atoms with van der Waals surface area (Å²) in [6, 6.07) is 10.1. The summed E-state index contributed by atoms with van der Waals surface area (Å²) in [6.45, 7) is 3.23. The van der Waals surface area contributed by atoms with Crippen molar-refractivity contribution in [2.75, 3.05) is 31.1 Å². The van der Waals surface area contributed by atoms with Crippen molar-refractivity contribution in [1.82, 2.24) is 10.2 Å². The van der Waals surface area contributed by atoms with Crippen LogP contribution in [0.25, 0.3) is 0 Å². The maximum Gasteiger partial charge on any atom is 0.246 e. The minimum Gasteiger partial charge on any atom is -0.368 e. The standard InChI is InChI=1S/C20H24ClN5O/c21-15-5-4-6-16(13-15)25-9-11-26(12-10-25)19-23-18(27)17(14-22)20(24-19)7-2-1-3-8-20/h4-6,13,17H,1-3,7-12H2,(H,23,24,27)/t17-/m1/s1. The molecule has 1 aliphatic carbocycles. The van der Waals surface area contributed by atoms with E-state index in [0.29, 0.717) is 5.96 Å². The Balaban J connectivity index is 1.50. The van der Waals surface area contributed by atoms with Gasteiger partial charge in [0.1, 0.15) is 0 Å². The number of aliphatic imine (C=N–C) groups is 1. The summed E-state index contributed by atoms with van der Waals surface area (Å²) in [5.41, 5.74) is 0.583. The topological polar surface area (TPSA) is 71.7 Å². The van der Waals surface area contributed by atoms with Crippen molar-refractivity contribution in [3.05, 3.63) is 29.3 Å². The molecule has 27 heavy (non-hydrogen) atoms. The molecule has 0 radical (unpaired) electrons. The lowest BCUT2D eigenvalue weighted by Gasteiger charge is -2.44. The molecule has 0 unspecified atom stereocenters. The highest BCUT2D eigenvalue weighted by atomic mass is 35.5. The molecule has 2 aliphatic heterocycles. The Morgan fingerprint density at radius 3 is 2.52 bits per heavy atom. The van der Waals surface area contributed by atoms with Crippen LogP contribution in [0, 0.1) is 17.2 Å². The number of amides is 1. The number of carbonyl (C=O) groups is 1. The van der Waals surface area contributed by atoms with Gasteiger partial charge in [-0.25, -0.2) is 4.99 Å². The summed E-state index contributed by atoms with van der Waals surface area (Å²) >= 11 is 6.11. The number of anilines is 1. The molecule has 0 bridgehead atoms. The first-order valence-corrected chi connectivity index (χ1v) is 10.0. The Morgan fingerprint density at radius 2 is 1.85 bits per heavy atom. The van der Waals surface area contributed by atoms with Gasteiger partial charge in [-0.3, -0.25) is 10.1 Å². The third-order valence-electron chi connectivity index (χ3n) is 5.96. The van der Waals surface area contributed by atoms with Crippen molar-refractivity contribution >= 4 is 29.2 Å². The predicted octanol–water partition coefficient (Wildman–Crippen LogP) is 2.79. The highest BCUT2D eigenvalue weighted by molar-refractivity contribution is 6.30. The number of rotatable bonds is 1. The van der Waals surface area contributed by atoms with Crippen molar-refractivity contribution in [1.29, 1.82) is 5.26 Å². The molecule has 1 amide bonds. The van der Waals surface area contributed by atoms with E-state index in [1.54, 1.807) is 0 Å². The molecular weight excluding hydrogens is 362 g/mol. The quantitative estimate of drug-likeness (QED) is 0.806. The van der Waals surface area contributed by atoms with Crippen LogP contribution in [0.15, 0.2) is 29.3 Å². The van der Waals surface area contributed by atoms with Gasteiger partial charge in [-0.2, -0.15) is 5.26 Å². The first kappa shape index (κ1) is 18.1. The number of piperazine rings is 1. The van der Waals surface area contributed by atoms with Gasteiger partial charge in [0.2, 0.25) is 11.9 Å². The first-order chi connectivity index (χ1) is 13.1. The Hall–Kier alpha value is -2.26. The van der Waals surface area contributed by atoms with E-state index >= 15 is 0 Å². The fourth-order valence-corrected chi connectivity index (χ4v) is 4.66. The van der Waals surface area contributed by atoms with Gasteiger partial charge in [0.25, 0.3) is 0 Å². The van der Waals surface area contributed by atoms with Gasteiger partial charge in [-0.15, -0.1) is 0 Å². The molecule has 142 valence electrons. The first-order valence-electron chi connectivity index (χ1n) is 9.67. The Bertz CT molecular complexity index is 788. The number of carbonyl (C=O) groups excluding carboxylic acids is 1. The summed E-state index contributed by atoms with van der Waals surface area (Å²) in [5.74, 6) is -0.213. The third-order valence-corrected chi connectivity index (χ3v) is 6.20. The average Bonchev–Trinajstić information content (AvgIpc) is 2.68. The Kier molecular flexibility index (Phi) is 4.96. The molecule has 1 saturated carbocycles. The SMILES string of the molecule is N#C[C@@H]1C(=O)NC(N2CCN(c3cccc(Cl)c3)CC2)=NC12CCCCC2. The van der Waals surface area contributed by atoms with Gasteiger partial charge in [0.15, 0.2) is 5.92 Å². The Morgan fingerprint density at radius 1 is 1.15 bits per heavy atom. The molecule has 1 spiro atoms. The van der Waals surface area contributed by atoms with Gasteiger partial charge in [0.05, 0.1) is 11.6 Å². The monoisotopic (exact) mass is 385 g/mol. The fourth-order valence-electron chi connectivity index (χ4n) is 4.47. The second-order valence-corrected chi connectivity index (χ2v) is 8.04. The van der Waals surface area contributed by atoms with Gasteiger partial charge in [0, 0.05) is 36.9 Å². The van der Waals surface area contributed by atoms with E-state index < -0.39 is 11.5 Å². The van der Waals surface area contributed by atoms with E-state index in [0.717, 1.165) is 69.0 Å². The minimum atomic E-state index is -0.672. The molecule has 7 heteroatoms. The van der Waals surface area contributed by atoms with Crippen molar-refractivity contribution in [3.8, 4) is 6.07 Å². The molecule has 6 nitrogen and oxygen atoms in total. The van der Waals surface area contributed by atoms with Crippen molar-refractivity contribution < 1.29 is 4.79 Å². The number of nitrogens with zero attached hydrogens (tertiary/aromatic N) is 4. The predicted molar refractivity (Wildman–Crippen MR) is 106 cm³/mol. The zero-order chi connectivity index (χ0) is 18.9. The highest BCUT2D eigenvalue weighted by Gasteiger charge is 2.48. The van der Waals surface area contributed by atoms with Crippen LogP contribution in [0.1, 0.15) is 32.1 Å². The molecular formula is C20H24ClN5O. The van der Waals surface area contributed by atoms with Gasteiger partial charge in [-0.1, -0.05) is 36.9 Å². The maximum absolute atomic E-state index is 12.6. The Labute approximate surface area is 164 Å². The van der Waals surface area contributed by atoms with Crippen LogP contribution in [-0.2, 0) is 4.79 Å². The van der Waals surface area contributed by atoms with Crippen LogP contribution in [0.4, 0.5) is 5.69 Å². The lowest BCUT2D eigenvalue weighted by molar-refractivity contribution is -0.125. The molecule has 3 aliphatic rings. The molecule has 2 heterocycles. The number of nitrogens with one attached hydrogen (secondary N) is 1. The van der Waals surface area contributed by atoms with E-state index in [4.69, 9.17) is 16.6 Å². The number of hydrogen-bond acceptors (Lipinski definition) is 5. The maximum atomic E-state index is 12.6. The lowest BCUT2D eigenvalue weighted by Crippen LogP contribution is -2.60.